The average Bonchev–Trinajstić information content (AvgIpc) is 3.58. The van der Waals surface area contributed by atoms with Crippen LogP contribution in [-0.4, -0.2) is 121 Å². The normalized spacial score (nSPS) is 27.1. The first-order valence-corrected chi connectivity index (χ1v) is 22.2. The zero-order chi connectivity index (χ0) is 42.2. The van der Waals surface area contributed by atoms with Crippen molar-refractivity contribution in [3.05, 3.63) is 65.5 Å². The van der Waals surface area contributed by atoms with E-state index in [9.17, 15) is 37.2 Å². The van der Waals surface area contributed by atoms with Crippen molar-refractivity contribution >= 4 is 68.3 Å². The summed E-state index contributed by atoms with van der Waals surface area (Å²) < 4.78 is 23.9. The number of hydrogen-bond acceptors (Lipinski definition) is 14. The van der Waals surface area contributed by atoms with Gasteiger partial charge in [0, 0.05) is 80.7 Å². The number of piperidine rings is 4. The lowest BCUT2D eigenvalue weighted by atomic mass is 9.80. The van der Waals surface area contributed by atoms with Crippen molar-refractivity contribution in [1.29, 1.82) is 0 Å². The molecule has 314 valence electrons. The molecule has 5 fully saturated rings. The minimum atomic E-state index is -3.40. The number of likely N-dealkylation sites (tertiary alicyclic amines) is 1. The van der Waals surface area contributed by atoms with Crippen LogP contribution >= 0.6 is 0 Å². The van der Waals surface area contributed by atoms with Crippen molar-refractivity contribution in [1.82, 2.24) is 25.1 Å². The van der Waals surface area contributed by atoms with Gasteiger partial charge in [-0.1, -0.05) is 0 Å². The standard InChI is InChI=1S/C41H46N10O8S/c1-60(58,59)26-7-4-23(5-8-26)45-37-34(36(43)54)44-18-31(46-37)49-14-2-3-22(19-49)41-21-50(20-29(41)33(41)35(42)53)24-12-15-48(16-13-24)25-6-9-27-28(17-25)40(57)51(39(27)56)30-10-11-32(52)47-38(30)55/h4-9,17-18,22,24,29-30,33H,2-3,10-16,19-21H2,1H3,(H2,42,53)(H2,43,54)(H,45,46)(H,47,52,55)/t22-,29?,30?,33?,41?/m0/s1. The summed E-state index contributed by atoms with van der Waals surface area (Å²) in [6.07, 6.45) is 6.33. The Kier molecular flexibility index (Phi) is 9.65. The minimum Gasteiger partial charge on any atom is -0.371 e. The monoisotopic (exact) mass is 838 g/mol. The van der Waals surface area contributed by atoms with Gasteiger partial charge in [-0.2, -0.15) is 0 Å². The Labute approximate surface area is 345 Å². The Morgan fingerprint density at radius 1 is 0.900 bits per heavy atom. The van der Waals surface area contributed by atoms with E-state index < -0.39 is 45.4 Å². The van der Waals surface area contributed by atoms with Crippen molar-refractivity contribution in [3.8, 4) is 0 Å². The maximum absolute atomic E-state index is 13.5. The molecule has 6 aliphatic rings. The molecule has 18 nitrogen and oxygen atoms in total. The van der Waals surface area contributed by atoms with E-state index in [-0.39, 0.29) is 75.5 Å². The van der Waals surface area contributed by atoms with E-state index in [4.69, 9.17) is 16.5 Å². The number of nitrogens with two attached hydrogens (primary N) is 2. The van der Waals surface area contributed by atoms with E-state index in [0.717, 1.165) is 68.7 Å². The lowest BCUT2D eigenvalue weighted by molar-refractivity contribution is -0.136. The number of carbonyl (C=O) groups excluding carboxylic acids is 6. The lowest BCUT2D eigenvalue weighted by Gasteiger charge is -2.41. The Morgan fingerprint density at radius 3 is 2.32 bits per heavy atom. The largest absolute Gasteiger partial charge is 0.371 e. The number of primary amides is 2. The van der Waals surface area contributed by atoms with Crippen LogP contribution in [-0.2, 0) is 24.2 Å². The zero-order valence-electron chi connectivity index (χ0n) is 33.0. The fourth-order valence-electron chi connectivity index (χ4n) is 10.6. The summed E-state index contributed by atoms with van der Waals surface area (Å²) in [6.45, 7) is 4.31. The Balaban J connectivity index is 0.863. The van der Waals surface area contributed by atoms with Gasteiger partial charge in [0.1, 0.15) is 11.9 Å². The van der Waals surface area contributed by atoms with Crippen LogP contribution in [0.5, 0.6) is 0 Å². The Morgan fingerprint density at radius 2 is 1.63 bits per heavy atom. The summed E-state index contributed by atoms with van der Waals surface area (Å²) in [5, 5.41) is 5.31. The Hall–Kier alpha value is -5.95. The summed E-state index contributed by atoms with van der Waals surface area (Å²) in [6, 6.07) is 10.6. The predicted molar refractivity (Wildman–Crippen MR) is 217 cm³/mol. The van der Waals surface area contributed by atoms with Crippen molar-refractivity contribution in [3.63, 3.8) is 0 Å². The van der Waals surface area contributed by atoms with Gasteiger partial charge in [0.05, 0.1) is 22.2 Å². The molecule has 60 heavy (non-hydrogen) atoms. The van der Waals surface area contributed by atoms with Crippen LogP contribution < -0.4 is 31.9 Å². The van der Waals surface area contributed by atoms with Crippen LogP contribution in [0.3, 0.4) is 0 Å². The van der Waals surface area contributed by atoms with Gasteiger partial charge >= 0.3 is 0 Å². The summed E-state index contributed by atoms with van der Waals surface area (Å²) in [5.41, 5.74) is 13.2. The number of anilines is 4. The number of carbonyl (C=O) groups is 6. The van der Waals surface area contributed by atoms with Gasteiger partial charge in [-0.25, -0.2) is 18.4 Å². The topological polar surface area (TPSA) is 251 Å². The fourth-order valence-corrected chi connectivity index (χ4v) is 11.2. The van der Waals surface area contributed by atoms with Crippen molar-refractivity contribution < 1.29 is 37.2 Å². The van der Waals surface area contributed by atoms with Crippen molar-refractivity contribution in [2.75, 3.05) is 60.6 Å². The van der Waals surface area contributed by atoms with Gasteiger partial charge in [0.2, 0.25) is 17.7 Å². The summed E-state index contributed by atoms with van der Waals surface area (Å²) in [5.74, 6) is -2.38. The second kappa shape index (κ2) is 14.6. The van der Waals surface area contributed by atoms with Gasteiger partial charge < -0.3 is 26.6 Å². The SMILES string of the molecule is CS(=O)(=O)c1ccc(Nc2nc(N3CCC[C@H](C45CN(C6CCN(c7ccc8c(c7)C(=O)N(C7CCC(=O)NC7=O)C8=O)CC6)CC4C5C(N)=O)C3)cnc2C(N)=O)cc1. The average molecular weight is 839 g/mol. The molecule has 5 atom stereocenters. The molecule has 19 heteroatoms. The molecule has 3 aromatic rings. The second-order valence-corrected chi connectivity index (χ2v) is 18.9. The molecule has 1 saturated carbocycles. The van der Waals surface area contributed by atoms with E-state index in [1.807, 2.05) is 6.07 Å². The van der Waals surface area contributed by atoms with Gasteiger partial charge in [-0.05, 0) is 86.4 Å². The predicted octanol–water partition coefficient (Wildman–Crippen LogP) is 1.04. The molecule has 0 bridgehead atoms. The third-order valence-corrected chi connectivity index (χ3v) is 14.7. The number of nitrogens with zero attached hydrogens (tertiary/aromatic N) is 6. The quantitative estimate of drug-likeness (QED) is 0.209. The number of benzene rings is 2. The van der Waals surface area contributed by atoms with E-state index >= 15 is 0 Å². The molecule has 0 spiro atoms. The summed E-state index contributed by atoms with van der Waals surface area (Å²) in [4.78, 5) is 93.3. The number of fused-ring (bicyclic) bond motifs is 2. The highest BCUT2D eigenvalue weighted by molar-refractivity contribution is 7.90. The number of nitrogens with one attached hydrogen (secondary N) is 2. The Bertz CT molecular complexity index is 2460. The molecule has 1 aliphatic carbocycles. The molecular weight excluding hydrogens is 793 g/mol. The second-order valence-electron chi connectivity index (χ2n) is 16.9. The van der Waals surface area contributed by atoms with Crippen molar-refractivity contribution in [2.24, 2.45) is 34.6 Å². The first kappa shape index (κ1) is 39.5. The smallest absolute Gasteiger partial charge is 0.271 e. The van der Waals surface area contributed by atoms with Crippen LogP contribution in [0.1, 0.15) is 69.7 Å². The maximum Gasteiger partial charge on any atom is 0.271 e. The van der Waals surface area contributed by atoms with Crippen molar-refractivity contribution in [2.45, 2.75) is 55.5 Å². The van der Waals surface area contributed by atoms with E-state index in [1.165, 1.54) is 18.3 Å². The number of sulfone groups is 1. The molecule has 6 amide bonds. The highest BCUT2D eigenvalue weighted by atomic mass is 32.2. The van der Waals surface area contributed by atoms with E-state index in [1.54, 1.807) is 24.3 Å². The molecule has 6 N–H and O–H groups in total. The molecule has 0 radical (unpaired) electrons. The molecule has 4 saturated heterocycles. The summed E-state index contributed by atoms with van der Waals surface area (Å²) >= 11 is 0. The summed E-state index contributed by atoms with van der Waals surface area (Å²) in [7, 11) is -3.40. The van der Waals surface area contributed by atoms with E-state index in [2.05, 4.69) is 30.3 Å². The van der Waals surface area contributed by atoms with Gasteiger partial charge in [0.15, 0.2) is 21.3 Å². The minimum absolute atomic E-state index is 0.0530. The number of aromatic nitrogens is 2. The third-order valence-electron chi connectivity index (χ3n) is 13.6. The van der Waals surface area contributed by atoms with Crippen LogP contribution in [0.25, 0.3) is 0 Å². The van der Waals surface area contributed by atoms with Crippen LogP contribution in [0, 0.1) is 23.2 Å². The fraction of sp³-hybridized carbons (Fsp3) is 0.463. The molecule has 4 unspecified atom stereocenters. The molecule has 2 aromatic carbocycles. The van der Waals surface area contributed by atoms with Crippen LogP contribution in [0.4, 0.5) is 23.0 Å². The molecular formula is C41H46N10O8S. The first-order chi connectivity index (χ1) is 28.6. The molecule has 9 rings (SSSR count). The third kappa shape index (κ3) is 6.72. The van der Waals surface area contributed by atoms with E-state index in [0.29, 0.717) is 24.6 Å². The van der Waals surface area contributed by atoms with Crippen LogP contribution in [0.2, 0.25) is 0 Å². The number of amides is 6. The number of rotatable bonds is 10. The lowest BCUT2D eigenvalue weighted by Crippen LogP contribution is -2.54. The number of imide groups is 2. The van der Waals surface area contributed by atoms with Gasteiger partial charge in [-0.3, -0.25) is 43.9 Å². The zero-order valence-corrected chi connectivity index (χ0v) is 33.8. The maximum atomic E-state index is 13.5. The van der Waals surface area contributed by atoms with Crippen LogP contribution in [0.15, 0.2) is 53.6 Å². The molecule has 6 heterocycles. The highest BCUT2D eigenvalue weighted by Gasteiger charge is 2.74. The molecule has 5 aliphatic heterocycles. The van der Waals surface area contributed by atoms with Gasteiger partial charge in [0.25, 0.3) is 17.7 Å². The number of hydrogen-bond donors (Lipinski definition) is 4. The van der Waals surface area contributed by atoms with Gasteiger partial charge in [-0.15, -0.1) is 0 Å². The molecule has 1 aromatic heterocycles. The highest BCUT2D eigenvalue weighted by Crippen LogP contribution is 2.69. The first-order valence-electron chi connectivity index (χ1n) is 20.3.